The standard InChI is InChI=1S/C23H29N7O.HI/c1-3-24-23(26-15-12-22(31)29-21-10-5-18(2)17-27-21)25-14-11-19-6-8-20(9-7-19)30-16-4-13-28-30;/h4-10,13,16-17H,3,11-12,14-15H2,1-2H3,(H2,24,25,26)(H,27,29,31);1H. The fourth-order valence-corrected chi connectivity index (χ4v) is 2.92. The van der Waals surface area contributed by atoms with E-state index in [1.165, 1.54) is 5.56 Å². The first kappa shape index (κ1) is 25.3. The summed E-state index contributed by atoms with van der Waals surface area (Å²) in [6, 6.07) is 13.9. The minimum Gasteiger partial charge on any atom is -0.357 e. The maximum atomic E-state index is 12.1. The molecular weight excluding hydrogens is 517 g/mol. The van der Waals surface area contributed by atoms with Crippen molar-refractivity contribution in [3.63, 3.8) is 0 Å². The lowest BCUT2D eigenvalue weighted by Gasteiger charge is -2.11. The van der Waals surface area contributed by atoms with Crippen LogP contribution in [-0.2, 0) is 11.2 Å². The van der Waals surface area contributed by atoms with Gasteiger partial charge in [0, 0.05) is 38.1 Å². The molecule has 2 aromatic heterocycles. The van der Waals surface area contributed by atoms with Crippen LogP contribution < -0.4 is 16.0 Å². The van der Waals surface area contributed by atoms with Crippen LogP contribution >= 0.6 is 24.0 Å². The van der Waals surface area contributed by atoms with Crippen LogP contribution in [0.25, 0.3) is 5.69 Å². The van der Waals surface area contributed by atoms with Gasteiger partial charge in [0.15, 0.2) is 5.96 Å². The second kappa shape index (κ2) is 13.5. The van der Waals surface area contributed by atoms with Crippen molar-refractivity contribution in [2.45, 2.75) is 26.7 Å². The number of aromatic nitrogens is 3. The topological polar surface area (TPSA) is 96.2 Å². The fraction of sp³-hybridized carbons (Fsp3) is 0.304. The molecule has 0 spiro atoms. The summed E-state index contributed by atoms with van der Waals surface area (Å²) in [5.74, 6) is 1.16. The molecule has 0 atom stereocenters. The summed E-state index contributed by atoms with van der Waals surface area (Å²) < 4.78 is 1.84. The van der Waals surface area contributed by atoms with E-state index >= 15 is 0 Å². The van der Waals surface area contributed by atoms with E-state index in [-0.39, 0.29) is 29.9 Å². The highest BCUT2D eigenvalue weighted by atomic mass is 127. The van der Waals surface area contributed by atoms with Gasteiger partial charge in [-0.3, -0.25) is 9.79 Å². The van der Waals surface area contributed by atoms with Gasteiger partial charge in [-0.15, -0.1) is 24.0 Å². The molecule has 8 nitrogen and oxygen atoms in total. The normalized spacial score (nSPS) is 10.9. The minimum atomic E-state index is -0.103. The Labute approximate surface area is 206 Å². The summed E-state index contributed by atoms with van der Waals surface area (Å²) in [4.78, 5) is 20.8. The molecule has 3 aromatic rings. The van der Waals surface area contributed by atoms with Crippen molar-refractivity contribution in [1.29, 1.82) is 0 Å². The van der Waals surface area contributed by atoms with Gasteiger partial charge in [0.1, 0.15) is 5.82 Å². The zero-order chi connectivity index (χ0) is 21.9. The number of amides is 1. The number of halogens is 1. The van der Waals surface area contributed by atoms with Crippen LogP contribution in [0.5, 0.6) is 0 Å². The Kier molecular flexibility index (Phi) is 10.6. The summed E-state index contributed by atoms with van der Waals surface area (Å²) >= 11 is 0. The molecule has 0 radical (unpaired) electrons. The van der Waals surface area contributed by atoms with Gasteiger partial charge in [-0.2, -0.15) is 5.10 Å². The van der Waals surface area contributed by atoms with Crippen molar-refractivity contribution in [1.82, 2.24) is 25.4 Å². The number of carbonyl (C=O) groups excluding carboxylic acids is 1. The third kappa shape index (κ3) is 8.29. The molecular formula is C23H30IN7O. The average Bonchev–Trinajstić information content (AvgIpc) is 3.31. The molecule has 0 aliphatic heterocycles. The van der Waals surface area contributed by atoms with E-state index in [4.69, 9.17) is 0 Å². The average molecular weight is 547 g/mol. The van der Waals surface area contributed by atoms with E-state index < -0.39 is 0 Å². The molecule has 0 saturated carbocycles. The Hall–Kier alpha value is -2.95. The maximum absolute atomic E-state index is 12.1. The van der Waals surface area contributed by atoms with Crippen LogP contribution in [0.2, 0.25) is 0 Å². The number of benzene rings is 1. The van der Waals surface area contributed by atoms with Gasteiger partial charge in [-0.1, -0.05) is 18.2 Å². The molecule has 0 saturated heterocycles. The SMILES string of the molecule is CCNC(=NCCC(=O)Nc1ccc(C)cn1)NCCc1ccc(-n2cccn2)cc1.I. The predicted octanol–water partition coefficient (Wildman–Crippen LogP) is 3.32. The molecule has 32 heavy (non-hydrogen) atoms. The second-order valence-electron chi connectivity index (χ2n) is 7.07. The number of hydrogen-bond acceptors (Lipinski definition) is 4. The highest BCUT2D eigenvalue weighted by Crippen LogP contribution is 2.09. The number of nitrogens with one attached hydrogen (secondary N) is 3. The Morgan fingerprint density at radius 1 is 1.12 bits per heavy atom. The number of nitrogens with zero attached hydrogens (tertiary/aromatic N) is 4. The number of carbonyl (C=O) groups is 1. The molecule has 9 heteroatoms. The van der Waals surface area contributed by atoms with E-state index in [9.17, 15) is 4.79 Å². The molecule has 0 aliphatic carbocycles. The van der Waals surface area contributed by atoms with E-state index in [0.29, 0.717) is 24.7 Å². The van der Waals surface area contributed by atoms with Crippen molar-refractivity contribution in [2.24, 2.45) is 4.99 Å². The third-order valence-corrected chi connectivity index (χ3v) is 4.54. The summed E-state index contributed by atoms with van der Waals surface area (Å²) in [6.45, 7) is 5.86. The summed E-state index contributed by atoms with van der Waals surface area (Å²) in [5, 5.41) is 13.6. The Bertz CT molecular complexity index is 971. The first-order chi connectivity index (χ1) is 15.1. The van der Waals surface area contributed by atoms with Crippen molar-refractivity contribution in [2.75, 3.05) is 25.0 Å². The number of hydrogen-bond donors (Lipinski definition) is 3. The number of aliphatic imine (C=N–C) groups is 1. The highest BCUT2D eigenvalue weighted by molar-refractivity contribution is 14.0. The fourth-order valence-electron chi connectivity index (χ4n) is 2.92. The van der Waals surface area contributed by atoms with Crippen molar-refractivity contribution >= 4 is 41.7 Å². The number of guanidine groups is 1. The van der Waals surface area contributed by atoms with E-state index in [1.807, 2.05) is 36.9 Å². The summed E-state index contributed by atoms with van der Waals surface area (Å²) in [7, 11) is 0. The van der Waals surface area contributed by atoms with Gasteiger partial charge >= 0.3 is 0 Å². The number of anilines is 1. The molecule has 0 bridgehead atoms. The monoisotopic (exact) mass is 547 g/mol. The first-order valence-electron chi connectivity index (χ1n) is 10.5. The molecule has 2 heterocycles. The van der Waals surface area contributed by atoms with Crippen LogP contribution in [-0.4, -0.2) is 46.3 Å². The lowest BCUT2D eigenvalue weighted by molar-refractivity contribution is -0.116. The molecule has 3 rings (SSSR count). The molecule has 1 aromatic carbocycles. The molecule has 1 amide bonds. The second-order valence-corrected chi connectivity index (χ2v) is 7.07. The first-order valence-corrected chi connectivity index (χ1v) is 10.5. The van der Waals surface area contributed by atoms with Gasteiger partial charge in [0.2, 0.25) is 5.91 Å². The maximum Gasteiger partial charge on any atom is 0.227 e. The smallest absolute Gasteiger partial charge is 0.227 e. The van der Waals surface area contributed by atoms with Crippen LogP contribution in [0.15, 0.2) is 66.0 Å². The van der Waals surface area contributed by atoms with Gasteiger partial charge in [0.25, 0.3) is 0 Å². The van der Waals surface area contributed by atoms with Crippen LogP contribution in [0.3, 0.4) is 0 Å². The highest BCUT2D eigenvalue weighted by Gasteiger charge is 2.04. The minimum absolute atomic E-state index is 0. The number of rotatable bonds is 9. The van der Waals surface area contributed by atoms with Crippen molar-refractivity contribution < 1.29 is 4.79 Å². The summed E-state index contributed by atoms with van der Waals surface area (Å²) in [5.41, 5.74) is 3.32. The van der Waals surface area contributed by atoms with E-state index in [2.05, 4.69) is 55.3 Å². The molecule has 0 fully saturated rings. The largest absolute Gasteiger partial charge is 0.357 e. The van der Waals surface area contributed by atoms with Gasteiger partial charge in [0.05, 0.1) is 12.2 Å². The van der Waals surface area contributed by atoms with E-state index in [0.717, 1.165) is 30.8 Å². The summed E-state index contributed by atoms with van der Waals surface area (Å²) in [6.07, 6.45) is 6.58. The predicted molar refractivity (Wildman–Crippen MR) is 139 cm³/mol. The molecule has 3 N–H and O–H groups in total. The lowest BCUT2D eigenvalue weighted by Crippen LogP contribution is -2.38. The number of aryl methyl sites for hydroxylation is 1. The van der Waals surface area contributed by atoms with Crippen LogP contribution in [0.4, 0.5) is 5.82 Å². The zero-order valence-electron chi connectivity index (χ0n) is 18.4. The molecule has 0 aliphatic rings. The number of pyridine rings is 1. The Balaban J connectivity index is 0.00000363. The van der Waals surface area contributed by atoms with E-state index in [1.54, 1.807) is 18.5 Å². The van der Waals surface area contributed by atoms with Crippen molar-refractivity contribution in [3.8, 4) is 5.69 Å². The van der Waals surface area contributed by atoms with Gasteiger partial charge < -0.3 is 16.0 Å². The Morgan fingerprint density at radius 3 is 2.59 bits per heavy atom. The molecule has 170 valence electrons. The van der Waals surface area contributed by atoms with Crippen LogP contribution in [0.1, 0.15) is 24.5 Å². The van der Waals surface area contributed by atoms with Gasteiger partial charge in [-0.05, 0) is 55.7 Å². The zero-order valence-corrected chi connectivity index (χ0v) is 20.7. The third-order valence-electron chi connectivity index (χ3n) is 4.54. The van der Waals surface area contributed by atoms with Crippen molar-refractivity contribution in [3.05, 3.63) is 72.2 Å². The Morgan fingerprint density at radius 2 is 1.94 bits per heavy atom. The van der Waals surface area contributed by atoms with Gasteiger partial charge in [-0.25, -0.2) is 9.67 Å². The quantitative estimate of drug-likeness (QED) is 0.217. The lowest BCUT2D eigenvalue weighted by atomic mass is 10.1. The molecule has 0 unspecified atom stereocenters. The van der Waals surface area contributed by atoms with Crippen LogP contribution in [0, 0.1) is 6.92 Å².